The van der Waals surface area contributed by atoms with Gasteiger partial charge in [0, 0.05) is 11.1 Å². The van der Waals surface area contributed by atoms with Crippen molar-refractivity contribution in [1.29, 1.82) is 0 Å². The van der Waals surface area contributed by atoms with E-state index in [-0.39, 0.29) is 11.3 Å². The second kappa shape index (κ2) is 6.58. The average molecular weight is 321 g/mol. The molecule has 0 radical (unpaired) electrons. The number of hydrogen-bond acceptors (Lipinski definition) is 5. The van der Waals surface area contributed by atoms with Crippen LogP contribution in [0.2, 0.25) is 0 Å². The molecule has 0 fully saturated rings. The average Bonchev–Trinajstić information content (AvgIpc) is 2.84. The fourth-order valence-corrected chi connectivity index (χ4v) is 3.25. The van der Waals surface area contributed by atoms with Crippen LogP contribution in [0.4, 0.5) is 0 Å². The predicted octanol–water partition coefficient (Wildman–Crippen LogP) is 3.93. The van der Waals surface area contributed by atoms with Crippen LogP contribution in [0.3, 0.4) is 0 Å². The van der Waals surface area contributed by atoms with Crippen LogP contribution in [0.1, 0.15) is 27.7 Å². The zero-order chi connectivity index (χ0) is 15.5. The molecule has 6 heteroatoms. The molecule has 0 atom stereocenters. The molecule has 2 aromatic rings. The van der Waals surface area contributed by atoms with E-state index in [9.17, 15) is 4.79 Å². The van der Waals surface area contributed by atoms with Crippen LogP contribution in [0.15, 0.2) is 33.7 Å². The molecule has 4 nitrogen and oxygen atoms in total. The van der Waals surface area contributed by atoms with Crippen LogP contribution in [0, 0.1) is 5.41 Å². The van der Waals surface area contributed by atoms with Crippen molar-refractivity contribution in [3.8, 4) is 0 Å². The quantitative estimate of drug-likeness (QED) is 0.527. The Balaban J connectivity index is 1.89. The molecular weight excluding hydrogens is 302 g/mol. The molecule has 1 amide bonds. The van der Waals surface area contributed by atoms with Gasteiger partial charge in [-0.3, -0.25) is 4.79 Å². The summed E-state index contributed by atoms with van der Waals surface area (Å²) in [5.74, 6) is 0.212. The highest BCUT2D eigenvalue weighted by Crippen LogP contribution is 2.29. The molecule has 1 heterocycles. The number of thiazole rings is 1. The highest BCUT2D eigenvalue weighted by Gasteiger charge is 2.14. The van der Waals surface area contributed by atoms with E-state index in [1.807, 2.05) is 31.2 Å². The van der Waals surface area contributed by atoms with Crippen molar-refractivity contribution in [2.45, 2.75) is 32.0 Å². The van der Waals surface area contributed by atoms with Crippen LogP contribution in [-0.2, 0) is 4.79 Å². The molecule has 2 rings (SSSR count). The van der Waals surface area contributed by atoms with Gasteiger partial charge in [-0.05, 0) is 19.1 Å². The molecule has 1 aromatic carbocycles. The van der Waals surface area contributed by atoms with Gasteiger partial charge in [-0.1, -0.05) is 44.7 Å². The summed E-state index contributed by atoms with van der Waals surface area (Å²) in [6.07, 6.45) is 0. The number of carbonyl (C=O) groups excluding carboxylic acids is 1. The summed E-state index contributed by atoms with van der Waals surface area (Å²) in [6, 6.07) is 7.97. The van der Waals surface area contributed by atoms with Gasteiger partial charge < -0.3 is 0 Å². The van der Waals surface area contributed by atoms with Crippen molar-refractivity contribution >= 4 is 44.9 Å². The topological polar surface area (TPSA) is 54.4 Å². The minimum Gasteiger partial charge on any atom is -0.272 e. The normalized spacial score (nSPS) is 12.7. The molecule has 112 valence electrons. The second-order valence-electron chi connectivity index (χ2n) is 5.72. The zero-order valence-electron chi connectivity index (χ0n) is 12.6. The molecular formula is C15H19N3OS2. The summed E-state index contributed by atoms with van der Waals surface area (Å²) in [5, 5.41) is 4.14. The maximum atomic E-state index is 11.8. The van der Waals surface area contributed by atoms with E-state index < -0.39 is 0 Å². The van der Waals surface area contributed by atoms with Gasteiger partial charge >= 0.3 is 0 Å². The Hall–Kier alpha value is -1.40. The molecule has 0 saturated carbocycles. The molecule has 1 aromatic heterocycles. The fraction of sp³-hybridized carbons (Fsp3) is 0.400. The van der Waals surface area contributed by atoms with Crippen molar-refractivity contribution in [2.24, 2.45) is 10.5 Å². The summed E-state index contributed by atoms with van der Waals surface area (Å²) in [5.41, 5.74) is 4.45. The number of benzene rings is 1. The Bertz CT molecular complexity index is 638. The summed E-state index contributed by atoms with van der Waals surface area (Å²) in [6.45, 7) is 8.11. The number of hydrazone groups is 1. The number of amides is 1. The monoisotopic (exact) mass is 321 g/mol. The van der Waals surface area contributed by atoms with Gasteiger partial charge in [-0.15, -0.1) is 11.3 Å². The number of para-hydroxylation sites is 1. The highest BCUT2D eigenvalue weighted by molar-refractivity contribution is 8.01. The van der Waals surface area contributed by atoms with Crippen LogP contribution >= 0.6 is 23.1 Å². The lowest BCUT2D eigenvalue weighted by atomic mass is 9.91. The van der Waals surface area contributed by atoms with Crippen LogP contribution in [0.5, 0.6) is 0 Å². The van der Waals surface area contributed by atoms with E-state index in [2.05, 4.69) is 36.3 Å². The molecule has 0 spiro atoms. The number of fused-ring (bicyclic) bond motifs is 1. The lowest BCUT2D eigenvalue weighted by Crippen LogP contribution is -2.25. The molecule has 0 unspecified atom stereocenters. The summed E-state index contributed by atoms with van der Waals surface area (Å²) < 4.78 is 2.05. The number of aromatic nitrogens is 1. The number of hydrogen-bond donors (Lipinski definition) is 1. The van der Waals surface area contributed by atoms with Crippen LogP contribution in [-0.4, -0.2) is 22.4 Å². The lowest BCUT2D eigenvalue weighted by Gasteiger charge is -2.17. The molecule has 0 aliphatic heterocycles. The van der Waals surface area contributed by atoms with E-state index in [1.54, 1.807) is 11.3 Å². The minimum atomic E-state index is -0.108. The SMILES string of the molecule is C/C(=N\NC(=O)CSc1nc2ccccc2s1)C(C)(C)C. The van der Waals surface area contributed by atoms with Crippen molar-refractivity contribution in [2.75, 3.05) is 5.75 Å². The number of rotatable bonds is 4. The van der Waals surface area contributed by atoms with Gasteiger partial charge in [-0.2, -0.15) is 5.10 Å². The first-order chi connectivity index (χ1) is 9.86. The van der Waals surface area contributed by atoms with E-state index in [0.717, 1.165) is 20.3 Å². The van der Waals surface area contributed by atoms with E-state index in [0.29, 0.717) is 5.75 Å². The van der Waals surface area contributed by atoms with Crippen molar-refractivity contribution in [3.63, 3.8) is 0 Å². The van der Waals surface area contributed by atoms with Gasteiger partial charge in [0.25, 0.3) is 5.91 Å². The van der Waals surface area contributed by atoms with Gasteiger partial charge in [0.15, 0.2) is 4.34 Å². The Labute approximate surface area is 133 Å². The number of nitrogens with zero attached hydrogens (tertiary/aromatic N) is 2. The third kappa shape index (κ3) is 4.54. The largest absolute Gasteiger partial charge is 0.272 e. The van der Waals surface area contributed by atoms with Crippen LogP contribution < -0.4 is 5.43 Å². The summed E-state index contributed by atoms with van der Waals surface area (Å²) in [4.78, 5) is 16.3. The first-order valence-corrected chi connectivity index (χ1v) is 8.48. The number of carbonyl (C=O) groups is 1. The van der Waals surface area contributed by atoms with E-state index in [1.165, 1.54) is 11.8 Å². The minimum absolute atomic E-state index is 0.0343. The third-order valence-corrected chi connectivity index (χ3v) is 5.21. The molecule has 0 bridgehead atoms. The number of nitrogens with one attached hydrogen (secondary N) is 1. The first-order valence-electron chi connectivity index (χ1n) is 6.68. The molecule has 0 aliphatic rings. The second-order valence-corrected chi connectivity index (χ2v) is 7.97. The Morgan fingerprint density at radius 1 is 1.38 bits per heavy atom. The van der Waals surface area contributed by atoms with E-state index in [4.69, 9.17) is 0 Å². The molecule has 21 heavy (non-hydrogen) atoms. The standard InChI is InChI=1S/C15H19N3OS2/c1-10(15(2,3)4)17-18-13(19)9-20-14-16-11-7-5-6-8-12(11)21-14/h5-8H,9H2,1-4H3,(H,18,19)/b17-10+. The Kier molecular flexibility index (Phi) is 5.00. The Morgan fingerprint density at radius 3 is 2.76 bits per heavy atom. The Morgan fingerprint density at radius 2 is 2.10 bits per heavy atom. The molecule has 0 saturated heterocycles. The molecule has 0 aliphatic carbocycles. The van der Waals surface area contributed by atoms with Gasteiger partial charge in [-0.25, -0.2) is 10.4 Å². The molecule has 1 N–H and O–H groups in total. The predicted molar refractivity (Wildman–Crippen MR) is 91.1 cm³/mol. The van der Waals surface area contributed by atoms with Crippen molar-refractivity contribution in [1.82, 2.24) is 10.4 Å². The van der Waals surface area contributed by atoms with Gasteiger partial charge in [0.05, 0.1) is 16.0 Å². The highest BCUT2D eigenvalue weighted by atomic mass is 32.2. The van der Waals surface area contributed by atoms with Gasteiger partial charge in [0.1, 0.15) is 0 Å². The van der Waals surface area contributed by atoms with Gasteiger partial charge in [0.2, 0.25) is 0 Å². The zero-order valence-corrected chi connectivity index (χ0v) is 14.3. The first kappa shape index (κ1) is 16.0. The lowest BCUT2D eigenvalue weighted by molar-refractivity contribution is -0.118. The maximum absolute atomic E-state index is 11.8. The van der Waals surface area contributed by atoms with Crippen molar-refractivity contribution in [3.05, 3.63) is 24.3 Å². The smallest absolute Gasteiger partial charge is 0.250 e. The van der Waals surface area contributed by atoms with Crippen LogP contribution in [0.25, 0.3) is 10.2 Å². The summed E-state index contributed by atoms with van der Waals surface area (Å²) >= 11 is 3.04. The fourth-order valence-electron chi connectivity index (χ4n) is 1.39. The van der Waals surface area contributed by atoms with Crippen molar-refractivity contribution < 1.29 is 4.79 Å². The maximum Gasteiger partial charge on any atom is 0.250 e. The number of thioether (sulfide) groups is 1. The summed E-state index contributed by atoms with van der Waals surface area (Å²) in [7, 11) is 0. The van der Waals surface area contributed by atoms with E-state index >= 15 is 0 Å². The third-order valence-electron chi connectivity index (χ3n) is 3.03.